The van der Waals surface area contributed by atoms with Crippen molar-refractivity contribution in [2.24, 2.45) is 5.92 Å². The van der Waals surface area contributed by atoms with Crippen molar-refractivity contribution < 1.29 is 23.8 Å². The van der Waals surface area contributed by atoms with Crippen molar-refractivity contribution in [3.8, 4) is 11.5 Å². The van der Waals surface area contributed by atoms with E-state index in [0.717, 1.165) is 44.2 Å². The quantitative estimate of drug-likeness (QED) is 0.733. The maximum atomic E-state index is 13.0. The van der Waals surface area contributed by atoms with Gasteiger partial charge in [-0.05, 0) is 51.3 Å². The lowest BCUT2D eigenvalue weighted by molar-refractivity contribution is -0.139. The van der Waals surface area contributed by atoms with Crippen LogP contribution in [-0.4, -0.2) is 78.4 Å². The molecule has 31 heavy (non-hydrogen) atoms. The number of fused-ring (bicyclic) bond motifs is 1. The monoisotopic (exact) mass is 431 g/mol. The number of hydrogen-bond donors (Lipinski definition) is 0. The Labute approximate surface area is 184 Å². The standard InChI is InChI=1S/C23H33N3O5/c1-23(2,3)31-22(28)26-8-6-18(7-9-26)21(27)25-12-10-24(11-13-25)15-17-4-5-19-20(14-17)30-16-29-19/h4-5,14,18H,6-13,15-16H2,1-3H3. The molecule has 0 radical (unpaired) electrons. The SMILES string of the molecule is CC(C)(C)OC(=O)N1CCC(C(=O)N2CCN(Cc3ccc4c(c3)OCO4)CC2)CC1. The summed E-state index contributed by atoms with van der Waals surface area (Å²) in [6.07, 6.45) is 1.13. The van der Waals surface area contributed by atoms with Crippen LogP contribution in [0.2, 0.25) is 0 Å². The Kier molecular flexibility index (Phi) is 6.27. The molecule has 0 atom stereocenters. The van der Waals surface area contributed by atoms with Crippen molar-refractivity contribution in [1.29, 1.82) is 0 Å². The second-order valence-electron chi connectivity index (χ2n) is 9.53. The van der Waals surface area contributed by atoms with E-state index < -0.39 is 5.60 Å². The molecule has 8 nitrogen and oxygen atoms in total. The molecule has 0 saturated carbocycles. The molecule has 170 valence electrons. The summed E-state index contributed by atoms with van der Waals surface area (Å²) in [5.41, 5.74) is 0.697. The molecular formula is C23H33N3O5. The fourth-order valence-corrected chi connectivity index (χ4v) is 4.32. The first kappa shape index (κ1) is 21.7. The molecule has 3 aliphatic heterocycles. The van der Waals surface area contributed by atoms with Crippen LogP contribution in [0.15, 0.2) is 18.2 Å². The van der Waals surface area contributed by atoms with Crippen molar-refractivity contribution in [1.82, 2.24) is 14.7 Å². The van der Waals surface area contributed by atoms with E-state index in [4.69, 9.17) is 14.2 Å². The maximum Gasteiger partial charge on any atom is 0.410 e. The van der Waals surface area contributed by atoms with Crippen LogP contribution >= 0.6 is 0 Å². The smallest absolute Gasteiger partial charge is 0.410 e. The second-order valence-corrected chi connectivity index (χ2v) is 9.53. The zero-order valence-corrected chi connectivity index (χ0v) is 18.8. The van der Waals surface area contributed by atoms with Gasteiger partial charge in [0.1, 0.15) is 5.60 Å². The highest BCUT2D eigenvalue weighted by atomic mass is 16.7. The second kappa shape index (κ2) is 8.94. The minimum atomic E-state index is -0.496. The Bertz CT molecular complexity index is 806. The molecule has 0 spiro atoms. The number of benzene rings is 1. The van der Waals surface area contributed by atoms with Crippen LogP contribution in [0, 0.1) is 5.92 Å². The average Bonchev–Trinajstić information content (AvgIpc) is 3.21. The van der Waals surface area contributed by atoms with Gasteiger partial charge in [0.15, 0.2) is 11.5 Å². The zero-order chi connectivity index (χ0) is 22.0. The van der Waals surface area contributed by atoms with Gasteiger partial charge in [0.05, 0.1) is 0 Å². The summed E-state index contributed by atoms with van der Waals surface area (Å²) in [6, 6.07) is 6.07. The maximum absolute atomic E-state index is 13.0. The molecule has 0 unspecified atom stereocenters. The largest absolute Gasteiger partial charge is 0.454 e. The summed E-state index contributed by atoms with van der Waals surface area (Å²) < 4.78 is 16.3. The van der Waals surface area contributed by atoms with Crippen LogP contribution in [0.4, 0.5) is 4.79 Å². The normalized spacial score (nSPS) is 20.1. The number of carbonyl (C=O) groups excluding carboxylic acids is 2. The van der Waals surface area contributed by atoms with Crippen molar-refractivity contribution >= 4 is 12.0 Å². The van der Waals surface area contributed by atoms with Crippen molar-refractivity contribution in [2.75, 3.05) is 46.1 Å². The van der Waals surface area contributed by atoms with E-state index in [1.54, 1.807) is 4.90 Å². The third-order valence-corrected chi connectivity index (χ3v) is 6.02. The Balaban J connectivity index is 1.21. The molecule has 8 heteroatoms. The third-order valence-electron chi connectivity index (χ3n) is 6.02. The van der Waals surface area contributed by atoms with E-state index in [1.165, 1.54) is 5.56 Å². The molecule has 1 aromatic carbocycles. The highest BCUT2D eigenvalue weighted by Gasteiger charge is 2.33. The summed E-state index contributed by atoms with van der Waals surface area (Å²) in [5, 5.41) is 0. The number of piperidine rings is 1. The number of rotatable bonds is 3. The molecule has 0 aliphatic carbocycles. The number of nitrogens with zero attached hydrogens (tertiary/aromatic N) is 3. The van der Waals surface area contributed by atoms with Gasteiger partial charge in [0, 0.05) is 51.7 Å². The molecule has 3 aliphatic rings. The number of hydrogen-bond acceptors (Lipinski definition) is 6. The van der Waals surface area contributed by atoms with Crippen molar-refractivity contribution in [2.45, 2.75) is 45.8 Å². The lowest BCUT2D eigenvalue weighted by Gasteiger charge is -2.38. The molecule has 3 heterocycles. The summed E-state index contributed by atoms with van der Waals surface area (Å²) >= 11 is 0. The minimum Gasteiger partial charge on any atom is -0.454 e. The average molecular weight is 432 g/mol. The van der Waals surface area contributed by atoms with Crippen LogP contribution in [0.5, 0.6) is 11.5 Å². The molecule has 0 N–H and O–H groups in total. The van der Waals surface area contributed by atoms with Crippen molar-refractivity contribution in [3.63, 3.8) is 0 Å². The topological polar surface area (TPSA) is 71.6 Å². The molecule has 2 fully saturated rings. The van der Waals surface area contributed by atoms with Crippen LogP contribution in [-0.2, 0) is 16.1 Å². The number of carbonyl (C=O) groups is 2. The Morgan fingerprint density at radius 3 is 2.32 bits per heavy atom. The fraction of sp³-hybridized carbons (Fsp3) is 0.652. The van der Waals surface area contributed by atoms with Crippen LogP contribution in [0.1, 0.15) is 39.2 Å². The van der Waals surface area contributed by atoms with Crippen molar-refractivity contribution in [3.05, 3.63) is 23.8 Å². The summed E-state index contributed by atoms with van der Waals surface area (Å²) in [4.78, 5) is 31.3. The number of amides is 2. The molecular weight excluding hydrogens is 398 g/mol. The number of likely N-dealkylation sites (tertiary alicyclic amines) is 1. The van der Waals surface area contributed by atoms with E-state index >= 15 is 0 Å². The highest BCUT2D eigenvalue weighted by molar-refractivity contribution is 5.79. The van der Waals surface area contributed by atoms with E-state index in [2.05, 4.69) is 11.0 Å². The van der Waals surface area contributed by atoms with Gasteiger partial charge in [0.25, 0.3) is 0 Å². The van der Waals surface area contributed by atoms with Gasteiger partial charge >= 0.3 is 6.09 Å². The first-order valence-electron chi connectivity index (χ1n) is 11.2. The lowest BCUT2D eigenvalue weighted by atomic mass is 9.95. The van der Waals surface area contributed by atoms with E-state index in [9.17, 15) is 9.59 Å². The first-order valence-corrected chi connectivity index (χ1v) is 11.2. The predicted octanol–water partition coefficient (Wildman–Crippen LogP) is 2.71. The molecule has 2 amide bonds. The predicted molar refractivity (Wildman–Crippen MR) is 115 cm³/mol. The molecule has 0 bridgehead atoms. The summed E-state index contributed by atoms with van der Waals surface area (Å²) in [5.74, 6) is 1.84. The molecule has 2 saturated heterocycles. The van der Waals surface area contributed by atoms with Crippen LogP contribution < -0.4 is 9.47 Å². The van der Waals surface area contributed by atoms with Gasteiger partial charge < -0.3 is 24.0 Å². The Morgan fingerprint density at radius 1 is 0.968 bits per heavy atom. The molecule has 0 aromatic heterocycles. The lowest BCUT2D eigenvalue weighted by Crippen LogP contribution is -2.51. The van der Waals surface area contributed by atoms with Gasteiger partial charge in [-0.3, -0.25) is 9.69 Å². The summed E-state index contributed by atoms with van der Waals surface area (Å²) in [7, 11) is 0. The van der Waals surface area contributed by atoms with E-state index in [0.29, 0.717) is 25.9 Å². The number of ether oxygens (including phenoxy) is 3. The summed E-state index contributed by atoms with van der Waals surface area (Å²) in [6.45, 7) is 11.1. The zero-order valence-electron chi connectivity index (χ0n) is 18.8. The van der Waals surface area contributed by atoms with Gasteiger partial charge in [0.2, 0.25) is 12.7 Å². The number of piperazine rings is 1. The van der Waals surface area contributed by atoms with Crippen LogP contribution in [0.3, 0.4) is 0 Å². The van der Waals surface area contributed by atoms with E-state index in [-0.39, 0.29) is 24.7 Å². The Morgan fingerprint density at radius 2 is 1.65 bits per heavy atom. The van der Waals surface area contributed by atoms with Gasteiger partial charge in [-0.25, -0.2) is 4.79 Å². The first-order chi connectivity index (χ1) is 14.8. The van der Waals surface area contributed by atoms with Gasteiger partial charge in [-0.2, -0.15) is 0 Å². The fourth-order valence-electron chi connectivity index (χ4n) is 4.32. The Hall–Kier alpha value is -2.48. The third kappa shape index (κ3) is 5.42. The molecule has 1 aromatic rings. The van der Waals surface area contributed by atoms with E-state index in [1.807, 2.05) is 37.8 Å². The minimum absolute atomic E-state index is 0.000837. The van der Waals surface area contributed by atoms with Gasteiger partial charge in [-0.1, -0.05) is 6.07 Å². The highest BCUT2D eigenvalue weighted by Crippen LogP contribution is 2.33. The molecule has 4 rings (SSSR count). The van der Waals surface area contributed by atoms with Crippen LogP contribution in [0.25, 0.3) is 0 Å². The van der Waals surface area contributed by atoms with Gasteiger partial charge in [-0.15, -0.1) is 0 Å².